The first kappa shape index (κ1) is 10.0. The third-order valence-electron chi connectivity index (χ3n) is 2.46. The lowest BCUT2D eigenvalue weighted by Gasteiger charge is -2.27. The van der Waals surface area contributed by atoms with Crippen LogP contribution in [-0.4, -0.2) is 23.9 Å². The first-order valence-corrected chi connectivity index (χ1v) is 4.98. The fraction of sp³-hybridized carbons (Fsp3) is 1.00. The molecule has 0 bridgehead atoms. The van der Waals surface area contributed by atoms with Crippen molar-refractivity contribution in [2.24, 2.45) is 5.92 Å². The molecule has 0 radical (unpaired) electrons. The Balaban J connectivity index is 2.14. The molecular weight excluding hydrogens is 152 g/mol. The Bertz CT molecular complexity index is 123. The van der Waals surface area contributed by atoms with Crippen LogP contribution >= 0.6 is 0 Å². The Morgan fingerprint density at radius 1 is 1.50 bits per heavy atom. The molecule has 0 spiro atoms. The van der Waals surface area contributed by atoms with E-state index in [1.807, 2.05) is 0 Å². The van der Waals surface area contributed by atoms with Crippen LogP contribution in [0.15, 0.2) is 0 Å². The molecule has 1 aliphatic carbocycles. The average Bonchev–Trinajstić information content (AvgIpc) is 2.01. The van der Waals surface area contributed by atoms with Crippen molar-refractivity contribution < 1.29 is 9.84 Å². The lowest BCUT2D eigenvalue weighted by Crippen LogP contribution is -2.24. The van der Waals surface area contributed by atoms with Crippen LogP contribution in [0.2, 0.25) is 0 Å². The molecule has 1 aliphatic rings. The molecule has 1 fully saturated rings. The number of aliphatic hydroxyl groups is 1. The Labute approximate surface area is 74.9 Å². The highest BCUT2D eigenvalue weighted by Crippen LogP contribution is 2.25. The number of ether oxygens (including phenoxy) is 1. The van der Waals surface area contributed by atoms with E-state index in [4.69, 9.17) is 9.84 Å². The predicted octanol–water partition coefficient (Wildman–Crippen LogP) is 1.96. The van der Waals surface area contributed by atoms with Gasteiger partial charge in [0.15, 0.2) is 0 Å². The molecule has 2 nitrogen and oxygen atoms in total. The summed E-state index contributed by atoms with van der Waals surface area (Å²) in [7, 11) is 0. The Morgan fingerprint density at radius 3 is 2.83 bits per heavy atom. The quantitative estimate of drug-likeness (QED) is 0.705. The summed E-state index contributed by atoms with van der Waals surface area (Å²) >= 11 is 0. The van der Waals surface area contributed by atoms with Crippen molar-refractivity contribution in [3.05, 3.63) is 0 Å². The maximum atomic E-state index is 9.02. The molecule has 0 saturated heterocycles. The zero-order valence-electron chi connectivity index (χ0n) is 8.12. The third-order valence-corrected chi connectivity index (χ3v) is 2.46. The molecule has 1 N–H and O–H groups in total. The zero-order chi connectivity index (χ0) is 8.97. The first-order chi connectivity index (χ1) is 5.68. The highest BCUT2D eigenvalue weighted by atomic mass is 16.5. The summed E-state index contributed by atoms with van der Waals surface area (Å²) in [4.78, 5) is 0. The molecule has 3 unspecified atom stereocenters. The van der Waals surface area contributed by atoms with Crippen LogP contribution in [0.5, 0.6) is 0 Å². The maximum Gasteiger partial charge on any atom is 0.0745 e. The first-order valence-electron chi connectivity index (χ1n) is 4.98. The number of hydrogen-bond acceptors (Lipinski definition) is 2. The van der Waals surface area contributed by atoms with Gasteiger partial charge in [0.1, 0.15) is 0 Å². The van der Waals surface area contributed by atoms with Crippen molar-refractivity contribution in [3.8, 4) is 0 Å². The molecule has 1 saturated carbocycles. The van der Waals surface area contributed by atoms with Gasteiger partial charge >= 0.3 is 0 Å². The van der Waals surface area contributed by atoms with E-state index in [2.05, 4.69) is 6.92 Å². The van der Waals surface area contributed by atoms with E-state index in [0.29, 0.717) is 12.7 Å². The van der Waals surface area contributed by atoms with Gasteiger partial charge in [-0.2, -0.15) is 0 Å². The third kappa shape index (κ3) is 3.55. The standard InChI is InChI=1S/C10H20O2/c1-8-4-3-5-10(6-8)12-7-9(2)11/h8-11H,3-7H2,1-2H3. The van der Waals surface area contributed by atoms with E-state index in [0.717, 1.165) is 5.92 Å². The summed E-state index contributed by atoms with van der Waals surface area (Å²) in [6.45, 7) is 4.54. The van der Waals surface area contributed by atoms with Gasteiger partial charge in [0.2, 0.25) is 0 Å². The lowest BCUT2D eigenvalue weighted by molar-refractivity contribution is -0.0260. The number of aliphatic hydroxyl groups excluding tert-OH is 1. The fourth-order valence-electron chi connectivity index (χ4n) is 1.81. The second-order valence-electron chi connectivity index (χ2n) is 4.08. The van der Waals surface area contributed by atoms with Gasteiger partial charge in [-0.1, -0.05) is 19.8 Å². The van der Waals surface area contributed by atoms with Gasteiger partial charge < -0.3 is 9.84 Å². The molecule has 3 atom stereocenters. The van der Waals surface area contributed by atoms with Crippen molar-refractivity contribution >= 4 is 0 Å². The summed E-state index contributed by atoms with van der Waals surface area (Å²) in [5, 5.41) is 9.02. The minimum atomic E-state index is -0.317. The van der Waals surface area contributed by atoms with Crippen molar-refractivity contribution in [1.29, 1.82) is 0 Å². The Hall–Kier alpha value is -0.0800. The predicted molar refractivity (Wildman–Crippen MR) is 49.1 cm³/mol. The van der Waals surface area contributed by atoms with Gasteiger partial charge in [-0.3, -0.25) is 0 Å². The van der Waals surface area contributed by atoms with Crippen LogP contribution in [0, 0.1) is 5.92 Å². The van der Waals surface area contributed by atoms with Gasteiger partial charge in [-0.25, -0.2) is 0 Å². The van der Waals surface area contributed by atoms with E-state index < -0.39 is 0 Å². The van der Waals surface area contributed by atoms with Gasteiger partial charge in [-0.05, 0) is 25.7 Å². The molecule has 1 rings (SSSR count). The average molecular weight is 172 g/mol. The smallest absolute Gasteiger partial charge is 0.0745 e. The molecule has 0 aromatic carbocycles. The summed E-state index contributed by atoms with van der Waals surface area (Å²) < 4.78 is 5.56. The molecule has 0 aromatic heterocycles. The van der Waals surface area contributed by atoms with Crippen LogP contribution < -0.4 is 0 Å². The van der Waals surface area contributed by atoms with Crippen LogP contribution in [0.25, 0.3) is 0 Å². The van der Waals surface area contributed by atoms with Crippen LogP contribution in [0.4, 0.5) is 0 Å². The van der Waals surface area contributed by atoms with E-state index in [9.17, 15) is 0 Å². The summed E-state index contributed by atoms with van der Waals surface area (Å²) in [5.74, 6) is 0.803. The van der Waals surface area contributed by atoms with E-state index in [1.54, 1.807) is 6.92 Å². The van der Waals surface area contributed by atoms with Crippen molar-refractivity contribution in [2.75, 3.05) is 6.61 Å². The van der Waals surface area contributed by atoms with E-state index >= 15 is 0 Å². The van der Waals surface area contributed by atoms with Crippen LogP contribution in [0.1, 0.15) is 39.5 Å². The number of rotatable bonds is 3. The van der Waals surface area contributed by atoms with Gasteiger partial charge in [0.05, 0.1) is 18.8 Å². The summed E-state index contributed by atoms with van der Waals surface area (Å²) in [5.41, 5.74) is 0. The molecule has 0 heterocycles. The van der Waals surface area contributed by atoms with Crippen molar-refractivity contribution in [2.45, 2.75) is 51.7 Å². The second-order valence-corrected chi connectivity index (χ2v) is 4.08. The molecule has 0 aromatic rings. The van der Waals surface area contributed by atoms with Gasteiger partial charge in [-0.15, -0.1) is 0 Å². The van der Waals surface area contributed by atoms with E-state index in [1.165, 1.54) is 25.7 Å². The highest BCUT2D eigenvalue weighted by molar-refractivity contribution is 4.70. The second kappa shape index (κ2) is 4.83. The zero-order valence-corrected chi connectivity index (χ0v) is 8.12. The summed E-state index contributed by atoms with van der Waals surface area (Å²) in [6.07, 6.45) is 5.06. The lowest BCUT2D eigenvalue weighted by atomic mass is 9.89. The molecule has 2 heteroatoms. The largest absolute Gasteiger partial charge is 0.391 e. The van der Waals surface area contributed by atoms with Gasteiger partial charge in [0.25, 0.3) is 0 Å². The number of hydrogen-bond donors (Lipinski definition) is 1. The SMILES string of the molecule is CC(O)COC1CCCC(C)C1. The highest BCUT2D eigenvalue weighted by Gasteiger charge is 2.19. The minimum Gasteiger partial charge on any atom is -0.391 e. The molecule has 12 heavy (non-hydrogen) atoms. The van der Waals surface area contributed by atoms with Crippen LogP contribution in [-0.2, 0) is 4.74 Å². The topological polar surface area (TPSA) is 29.5 Å². The van der Waals surface area contributed by atoms with E-state index in [-0.39, 0.29) is 6.10 Å². The maximum absolute atomic E-state index is 9.02. The Morgan fingerprint density at radius 2 is 2.25 bits per heavy atom. The molecule has 0 aliphatic heterocycles. The van der Waals surface area contributed by atoms with Gasteiger partial charge in [0, 0.05) is 0 Å². The minimum absolute atomic E-state index is 0.317. The monoisotopic (exact) mass is 172 g/mol. The van der Waals surface area contributed by atoms with Crippen molar-refractivity contribution in [1.82, 2.24) is 0 Å². The molecule has 0 amide bonds. The normalized spacial score (nSPS) is 33.2. The van der Waals surface area contributed by atoms with Crippen LogP contribution in [0.3, 0.4) is 0 Å². The summed E-state index contributed by atoms with van der Waals surface area (Å²) in [6, 6.07) is 0. The Kier molecular flexibility index (Phi) is 4.02. The van der Waals surface area contributed by atoms with Crippen molar-refractivity contribution in [3.63, 3.8) is 0 Å². The molecular formula is C10H20O2. The molecule has 72 valence electrons. The fourth-order valence-corrected chi connectivity index (χ4v) is 1.81.